The van der Waals surface area contributed by atoms with Gasteiger partial charge in [0.15, 0.2) is 0 Å². The van der Waals surface area contributed by atoms with Crippen LogP contribution < -0.4 is 10.1 Å². The summed E-state index contributed by atoms with van der Waals surface area (Å²) in [6.07, 6.45) is 1.99. The lowest BCUT2D eigenvalue weighted by Crippen LogP contribution is -2.24. The maximum atomic E-state index is 10.1. The Labute approximate surface area is 113 Å². The molecule has 1 aliphatic heterocycles. The van der Waals surface area contributed by atoms with Gasteiger partial charge in [-0.25, -0.2) is 0 Å². The van der Waals surface area contributed by atoms with Crippen molar-refractivity contribution in [2.45, 2.75) is 25.0 Å². The van der Waals surface area contributed by atoms with Gasteiger partial charge in [0, 0.05) is 12.1 Å². The van der Waals surface area contributed by atoms with E-state index in [4.69, 9.17) is 4.74 Å². The SMILES string of the molecule is CNCC(O)c1ccccc1OC1CCSCC1. The van der Waals surface area contributed by atoms with Gasteiger partial charge in [0.2, 0.25) is 0 Å². The lowest BCUT2D eigenvalue weighted by atomic mass is 10.1. The van der Waals surface area contributed by atoms with Crippen molar-refractivity contribution < 1.29 is 9.84 Å². The molecule has 1 heterocycles. The predicted molar refractivity (Wildman–Crippen MR) is 76.3 cm³/mol. The van der Waals surface area contributed by atoms with E-state index in [0.717, 1.165) is 24.2 Å². The van der Waals surface area contributed by atoms with Crippen molar-refractivity contribution in [1.82, 2.24) is 5.32 Å². The topological polar surface area (TPSA) is 41.5 Å². The normalized spacial score (nSPS) is 18.6. The van der Waals surface area contributed by atoms with Gasteiger partial charge >= 0.3 is 0 Å². The zero-order chi connectivity index (χ0) is 12.8. The molecule has 2 N–H and O–H groups in total. The molecule has 0 bridgehead atoms. The van der Waals surface area contributed by atoms with E-state index >= 15 is 0 Å². The molecule has 1 fully saturated rings. The van der Waals surface area contributed by atoms with Crippen molar-refractivity contribution in [2.75, 3.05) is 25.1 Å². The first-order valence-corrected chi connectivity index (χ1v) is 7.62. The molecule has 4 heteroatoms. The molecule has 1 saturated heterocycles. The van der Waals surface area contributed by atoms with Gasteiger partial charge in [-0.15, -0.1) is 0 Å². The van der Waals surface area contributed by atoms with Crippen LogP contribution in [0.2, 0.25) is 0 Å². The van der Waals surface area contributed by atoms with Crippen molar-refractivity contribution >= 4 is 11.8 Å². The molecular formula is C14H21NO2S. The Morgan fingerprint density at radius 1 is 1.39 bits per heavy atom. The monoisotopic (exact) mass is 267 g/mol. The van der Waals surface area contributed by atoms with E-state index in [-0.39, 0.29) is 0 Å². The van der Waals surface area contributed by atoms with E-state index in [1.165, 1.54) is 11.5 Å². The third kappa shape index (κ3) is 3.64. The Balaban J connectivity index is 2.06. The van der Waals surface area contributed by atoms with Crippen molar-refractivity contribution in [1.29, 1.82) is 0 Å². The Bertz CT molecular complexity index is 367. The van der Waals surface area contributed by atoms with E-state index in [1.54, 1.807) is 0 Å². The van der Waals surface area contributed by atoms with Crippen LogP contribution in [-0.2, 0) is 0 Å². The van der Waals surface area contributed by atoms with Gasteiger partial charge in [-0.2, -0.15) is 11.8 Å². The third-order valence-corrected chi connectivity index (χ3v) is 4.19. The summed E-state index contributed by atoms with van der Waals surface area (Å²) in [6, 6.07) is 7.80. The summed E-state index contributed by atoms with van der Waals surface area (Å²) in [6.45, 7) is 0.543. The van der Waals surface area contributed by atoms with Gasteiger partial charge < -0.3 is 15.2 Å². The first-order valence-electron chi connectivity index (χ1n) is 6.47. The molecule has 1 aromatic rings. The first-order chi connectivity index (χ1) is 8.81. The number of ether oxygens (including phenoxy) is 1. The Kier molecular flexibility index (Phi) is 5.35. The maximum Gasteiger partial charge on any atom is 0.125 e. The molecule has 18 heavy (non-hydrogen) atoms. The summed E-state index contributed by atoms with van der Waals surface area (Å²) in [7, 11) is 1.84. The number of hydrogen-bond acceptors (Lipinski definition) is 4. The molecule has 1 atom stereocenters. The molecule has 1 aromatic carbocycles. The Hall–Kier alpha value is -0.710. The largest absolute Gasteiger partial charge is 0.490 e. The lowest BCUT2D eigenvalue weighted by molar-refractivity contribution is 0.155. The highest BCUT2D eigenvalue weighted by Gasteiger charge is 2.18. The van der Waals surface area contributed by atoms with E-state index in [9.17, 15) is 5.11 Å². The van der Waals surface area contributed by atoms with Crippen LogP contribution >= 0.6 is 11.8 Å². The fraction of sp³-hybridized carbons (Fsp3) is 0.571. The highest BCUT2D eigenvalue weighted by atomic mass is 32.2. The molecule has 0 radical (unpaired) electrons. The highest BCUT2D eigenvalue weighted by Crippen LogP contribution is 2.28. The molecule has 0 saturated carbocycles. The summed E-state index contributed by atoms with van der Waals surface area (Å²) in [5.41, 5.74) is 0.880. The van der Waals surface area contributed by atoms with Crippen LogP contribution in [0.5, 0.6) is 5.75 Å². The standard InChI is InChI=1S/C14H21NO2S/c1-15-10-13(16)12-4-2-3-5-14(12)17-11-6-8-18-9-7-11/h2-5,11,13,15-16H,6-10H2,1H3. The third-order valence-electron chi connectivity index (χ3n) is 3.14. The minimum atomic E-state index is -0.510. The zero-order valence-electron chi connectivity index (χ0n) is 10.8. The van der Waals surface area contributed by atoms with E-state index in [0.29, 0.717) is 12.6 Å². The van der Waals surface area contributed by atoms with Gasteiger partial charge in [-0.1, -0.05) is 18.2 Å². The predicted octanol–water partition coefficient (Wildman–Crippen LogP) is 2.21. The summed E-state index contributed by atoms with van der Waals surface area (Å²) < 4.78 is 6.05. The van der Waals surface area contributed by atoms with Gasteiger partial charge in [0.1, 0.15) is 11.9 Å². The first kappa shape index (κ1) is 13.7. The molecule has 3 nitrogen and oxygen atoms in total. The minimum absolute atomic E-state index is 0.300. The van der Waals surface area contributed by atoms with E-state index in [2.05, 4.69) is 5.32 Å². The fourth-order valence-corrected chi connectivity index (χ4v) is 3.20. The number of para-hydroxylation sites is 1. The van der Waals surface area contributed by atoms with Crippen molar-refractivity contribution in [3.05, 3.63) is 29.8 Å². The number of hydrogen-bond donors (Lipinski definition) is 2. The molecule has 100 valence electrons. The van der Waals surface area contributed by atoms with Crippen molar-refractivity contribution in [3.63, 3.8) is 0 Å². The van der Waals surface area contributed by atoms with Crippen molar-refractivity contribution in [3.8, 4) is 5.75 Å². The van der Waals surface area contributed by atoms with Crippen LogP contribution in [-0.4, -0.2) is 36.3 Å². The van der Waals surface area contributed by atoms with E-state index in [1.807, 2.05) is 43.1 Å². The summed E-state index contributed by atoms with van der Waals surface area (Å²) >= 11 is 1.99. The van der Waals surface area contributed by atoms with Gasteiger partial charge in [-0.3, -0.25) is 0 Å². The van der Waals surface area contributed by atoms with Crippen LogP contribution in [0.4, 0.5) is 0 Å². The number of aliphatic hydroxyl groups is 1. The van der Waals surface area contributed by atoms with E-state index < -0.39 is 6.10 Å². The van der Waals surface area contributed by atoms with Crippen LogP contribution in [0, 0.1) is 0 Å². The Morgan fingerprint density at radius 2 is 2.11 bits per heavy atom. The molecule has 1 aliphatic rings. The minimum Gasteiger partial charge on any atom is -0.490 e. The Morgan fingerprint density at radius 3 is 2.83 bits per heavy atom. The summed E-state index contributed by atoms with van der Waals surface area (Å²) in [5, 5.41) is 13.1. The average molecular weight is 267 g/mol. The maximum absolute atomic E-state index is 10.1. The molecule has 2 rings (SSSR count). The molecule has 0 aromatic heterocycles. The molecular weight excluding hydrogens is 246 g/mol. The zero-order valence-corrected chi connectivity index (χ0v) is 11.6. The van der Waals surface area contributed by atoms with Gasteiger partial charge in [0.25, 0.3) is 0 Å². The molecule has 1 unspecified atom stereocenters. The molecule has 0 aliphatic carbocycles. The second-order valence-electron chi connectivity index (χ2n) is 4.54. The summed E-state index contributed by atoms with van der Waals surface area (Å²) in [5.74, 6) is 3.18. The van der Waals surface area contributed by atoms with Crippen molar-refractivity contribution in [2.24, 2.45) is 0 Å². The molecule has 0 spiro atoms. The number of nitrogens with one attached hydrogen (secondary N) is 1. The number of benzene rings is 1. The quantitative estimate of drug-likeness (QED) is 0.858. The van der Waals surface area contributed by atoms with Gasteiger partial charge in [-0.05, 0) is 37.5 Å². The number of rotatable bonds is 5. The number of thioether (sulfide) groups is 1. The summed E-state index contributed by atoms with van der Waals surface area (Å²) in [4.78, 5) is 0. The van der Waals surface area contributed by atoms with Gasteiger partial charge in [0.05, 0.1) is 6.10 Å². The second-order valence-corrected chi connectivity index (χ2v) is 5.77. The highest BCUT2D eigenvalue weighted by molar-refractivity contribution is 7.99. The fourth-order valence-electron chi connectivity index (χ4n) is 2.14. The molecule has 0 amide bonds. The van der Waals surface area contributed by atoms with Crippen LogP contribution in [0.1, 0.15) is 24.5 Å². The van der Waals surface area contributed by atoms with Crippen LogP contribution in [0.3, 0.4) is 0 Å². The second kappa shape index (κ2) is 7.02. The van der Waals surface area contributed by atoms with Crippen LogP contribution in [0.15, 0.2) is 24.3 Å². The average Bonchev–Trinajstić information content (AvgIpc) is 2.41. The number of aliphatic hydroxyl groups excluding tert-OH is 1. The smallest absolute Gasteiger partial charge is 0.125 e. The van der Waals surface area contributed by atoms with Crippen LogP contribution in [0.25, 0.3) is 0 Å². The lowest BCUT2D eigenvalue weighted by Gasteiger charge is -2.25. The number of likely N-dealkylation sites (N-methyl/N-ethyl adjacent to an activating group) is 1.